The number of thiocarbonyl (C=S) groups is 1. The summed E-state index contributed by atoms with van der Waals surface area (Å²) < 4.78 is 5.76. The van der Waals surface area contributed by atoms with Crippen molar-refractivity contribution in [2.45, 2.75) is 33.6 Å². The van der Waals surface area contributed by atoms with E-state index in [1.807, 2.05) is 6.07 Å². The molecule has 0 atom stereocenters. The van der Waals surface area contributed by atoms with Crippen LogP contribution in [0.1, 0.15) is 44.0 Å². The van der Waals surface area contributed by atoms with Gasteiger partial charge in [-0.15, -0.1) is 0 Å². The maximum atomic E-state index is 12.6. The first-order valence-electron chi connectivity index (χ1n) is 9.63. The lowest BCUT2D eigenvalue weighted by atomic mass is 10.1. The van der Waals surface area contributed by atoms with E-state index in [-0.39, 0.29) is 16.9 Å². The van der Waals surface area contributed by atoms with Crippen molar-refractivity contribution in [3.05, 3.63) is 54.1 Å². The molecule has 0 heterocycles. The molecule has 0 radical (unpaired) electrons. The zero-order valence-electron chi connectivity index (χ0n) is 17.0. The minimum Gasteiger partial charge on any atom is -0.493 e. The number of benzene rings is 2. The van der Waals surface area contributed by atoms with E-state index in [1.54, 1.807) is 49.4 Å². The molecule has 0 unspecified atom stereocenters. The third-order valence-electron chi connectivity index (χ3n) is 4.06. The Hall–Kier alpha value is -2.93. The molecule has 0 spiro atoms. The molecule has 2 aromatic carbocycles. The fraction of sp³-hybridized carbons (Fsp3) is 0.318. The molecule has 0 aliphatic rings. The highest BCUT2D eigenvalue weighted by molar-refractivity contribution is 7.80. The average molecular weight is 414 g/mol. The van der Waals surface area contributed by atoms with Crippen molar-refractivity contribution in [2.24, 2.45) is 5.92 Å². The number of nitrogens with one attached hydrogen (secondary N) is 3. The zero-order chi connectivity index (χ0) is 21.2. The summed E-state index contributed by atoms with van der Waals surface area (Å²) in [5.74, 6) is 0.663. The molecule has 2 aromatic rings. The van der Waals surface area contributed by atoms with Crippen LogP contribution in [-0.4, -0.2) is 23.5 Å². The SMILES string of the molecule is CCC(=O)Nc1ccc(NC(=S)NC(=O)c2ccccc2OCCC(C)C)cc1. The van der Waals surface area contributed by atoms with Gasteiger partial charge in [0.05, 0.1) is 12.2 Å². The standard InChI is InChI=1S/C22H27N3O3S/c1-4-20(26)23-16-9-11-17(12-10-16)24-22(29)25-21(27)18-7-5-6-8-19(18)28-14-13-15(2)3/h5-12,15H,4,13-14H2,1-3H3,(H,23,26)(H2,24,25,27,29). The Morgan fingerprint density at radius 1 is 1.00 bits per heavy atom. The minimum atomic E-state index is -0.338. The van der Waals surface area contributed by atoms with E-state index in [2.05, 4.69) is 29.8 Å². The van der Waals surface area contributed by atoms with Gasteiger partial charge in [-0.25, -0.2) is 0 Å². The number of hydrogen-bond donors (Lipinski definition) is 3. The van der Waals surface area contributed by atoms with E-state index in [0.717, 1.165) is 6.42 Å². The van der Waals surface area contributed by atoms with Crippen molar-refractivity contribution in [1.29, 1.82) is 0 Å². The number of amides is 2. The lowest BCUT2D eigenvalue weighted by Crippen LogP contribution is -2.34. The van der Waals surface area contributed by atoms with Crippen LogP contribution >= 0.6 is 12.2 Å². The van der Waals surface area contributed by atoms with Crippen molar-refractivity contribution in [2.75, 3.05) is 17.2 Å². The van der Waals surface area contributed by atoms with Gasteiger partial charge in [0, 0.05) is 17.8 Å². The third-order valence-corrected chi connectivity index (χ3v) is 4.26. The summed E-state index contributed by atoms with van der Waals surface area (Å²) in [6.07, 6.45) is 1.32. The van der Waals surface area contributed by atoms with E-state index >= 15 is 0 Å². The van der Waals surface area contributed by atoms with Crippen LogP contribution in [0.3, 0.4) is 0 Å². The first-order valence-corrected chi connectivity index (χ1v) is 10.0. The number of carbonyl (C=O) groups excluding carboxylic acids is 2. The predicted octanol–water partition coefficient (Wildman–Crippen LogP) is 4.59. The minimum absolute atomic E-state index is 0.0530. The monoisotopic (exact) mass is 413 g/mol. The van der Waals surface area contributed by atoms with Crippen molar-refractivity contribution < 1.29 is 14.3 Å². The Labute approximate surface area is 177 Å². The highest BCUT2D eigenvalue weighted by Gasteiger charge is 2.14. The van der Waals surface area contributed by atoms with Gasteiger partial charge in [0.1, 0.15) is 5.75 Å². The van der Waals surface area contributed by atoms with E-state index in [1.165, 1.54) is 0 Å². The van der Waals surface area contributed by atoms with E-state index in [9.17, 15) is 9.59 Å². The Bertz CT molecular complexity index is 851. The second-order valence-electron chi connectivity index (χ2n) is 6.91. The number of para-hydroxylation sites is 1. The molecule has 0 saturated carbocycles. The van der Waals surface area contributed by atoms with Gasteiger partial charge < -0.3 is 15.4 Å². The van der Waals surface area contributed by atoms with E-state index in [4.69, 9.17) is 17.0 Å². The summed E-state index contributed by atoms with van der Waals surface area (Å²) >= 11 is 5.25. The lowest BCUT2D eigenvalue weighted by molar-refractivity contribution is -0.115. The zero-order valence-corrected chi connectivity index (χ0v) is 17.8. The van der Waals surface area contributed by atoms with E-state index < -0.39 is 0 Å². The highest BCUT2D eigenvalue weighted by atomic mass is 32.1. The second kappa shape index (κ2) is 11.2. The molecule has 0 bridgehead atoms. The van der Waals surface area contributed by atoms with Crippen LogP contribution in [0.5, 0.6) is 5.75 Å². The van der Waals surface area contributed by atoms with Crippen LogP contribution in [0.25, 0.3) is 0 Å². The topological polar surface area (TPSA) is 79.5 Å². The number of anilines is 2. The van der Waals surface area contributed by atoms with Crippen molar-refractivity contribution in [1.82, 2.24) is 5.32 Å². The number of rotatable bonds is 8. The van der Waals surface area contributed by atoms with Crippen molar-refractivity contribution in [3.8, 4) is 5.75 Å². The molecular weight excluding hydrogens is 386 g/mol. The summed E-state index contributed by atoms with van der Waals surface area (Å²) in [6.45, 7) is 6.58. The summed E-state index contributed by atoms with van der Waals surface area (Å²) in [6, 6.07) is 14.2. The number of ether oxygens (including phenoxy) is 1. The van der Waals surface area contributed by atoms with Crippen molar-refractivity contribution in [3.63, 3.8) is 0 Å². The Morgan fingerprint density at radius 3 is 2.24 bits per heavy atom. The molecule has 7 heteroatoms. The molecule has 0 aliphatic heterocycles. The Balaban J connectivity index is 1.94. The Kier molecular flexibility index (Phi) is 8.61. The van der Waals surface area contributed by atoms with Gasteiger partial charge in [-0.2, -0.15) is 0 Å². The first-order chi connectivity index (χ1) is 13.9. The maximum absolute atomic E-state index is 12.6. The Morgan fingerprint density at radius 2 is 1.62 bits per heavy atom. The molecule has 29 heavy (non-hydrogen) atoms. The maximum Gasteiger partial charge on any atom is 0.261 e. The fourth-order valence-corrected chi connectivity index (χ4v) is 2.61. The average Bonchev–Trinajstić information content (AvgIpc) is 2.69. The first kappa shape index (κ1) is 22.4. The van der Waals surface area contributed by atoms with Crippen LogP contribution in [0, 0.1) is 5.92 Å². The molecule has 2 rings (SSSR count). The highest BCUT2D eigenvalue weighted by Crippen LogP contribution is 2.19. The molecule has 0 aromatic heterocycles. The molecule has 0 fully saturated rings. The smallest absolute Gasteiger partial charge is 0.261 e. The molecule has 0 aliphatic carbocycles. The number of carbonyl (C=O) groups is 2. The van der Waals surface area contributed by atoms with Crippen LogP contribution in [0.2, 0.25) is 0 Å². The molecule has 0 saturated heterocycles. The summed E-state index contributed by atoms with van der Waals surface area (Å²) in [5.41, 5.74) is 1.83. The largest absolute Gasteiger partial charge is 0.493 e. The third kappa shape index (κ3) is 7.54. The van der Waals surface area contributed by atoms with Gasteiger partial charge in [0.15, 0.2) is 5.11 Å². The van der Waals surface area contributed by atoms with Gasteiger partial charge in [-0.05, 0) is 61.0 Å². The molecule has 154 valence electrons. The lowest BCUT2D eigenvalue weighted by Gasteiger charge is -2.14. The molecule has 3 N–H and O–H groups in total. The second-order valence-corrected chi connectivity index (χ2v) is 7.32. The fourth-order valence-electron chi connectivity index (χ4n) is 2.40. The predicted molar refractivity (Wildman–Crippen MR) is 120 cm³/mol. The van der Waals surface area contributed by atoms with Crippen LogP contribution in [0.4, 0.5) is 11.4 Å². The van der Waals surface area contributed by atoms with Crippen molar-refractivity contribution >= 4 is 40.5 Å². The van der Waals surface area contributed by atoms with Gasteiger partial charge in [-0.1, -0.05) is 32.9 Å². The van der Waals surface area contributed by atoms with Gasteiger partial charge in [-0.3, -0.25) is 14.9 Å². The summed E-state index contributed by atoms with van der Waals surface area (Å²) in [5, 5.41) is 8.58. The van der Waals surface area contributed by atoms with Gasteiger partial charge >= 0.3 is 0 Å². The molecule has 2 amide bonds. The molecule has 6 nitrogen and oxygen atoms in total. The normalized spacial score (nSPS) is 10.3. The van der Waals surface area contributed by atoms with Crippen LogP contribution < -0.4 is 20.7 Å². The molecular formula is C22H27N3O3S. The summed E-state index contributed by atoms with van der Waals surface area (Å²) in [4.78, 5) is 24.0. The van der Waals surface area contributed by atoms with E-state index in [0.29, 0.717) is 41.6 Å². The van der Waals surface area contributed by atoms with Gasteiger partial charge in [0.2, 0.25) is 5.91 Å². The number of hydrogen-bond acceptors (Lipinski definition) is 4. The van der Waals surface area contributed by atoms with Crippen LogP contribution in [-0.2, 0) is 4.79 Å². The quantitative estimate of drug-likeness (QED) is 0.552. The summed E-state index contributed by atoms with van der Waals surface area (Å²) in [7, 11) is 0. The van der Waals surface area contributed by atoms with Gasteiger partial charge in [0.25, 0.3) is 5.91 Å². The van der Waals surface area contributed by atoms with Crippen LogP contribution in [0.15, 0.2) is 48.5 Å².